The molecule has 6 nitrogen and oxygen atoms in total. The van der Waals surface area contributed by atoms with Gasteiger partial charge < -0.3 is 10.4 Å². The Morgan fingerprint density at radius 1 is 1.22 bits per heavy atom. The van der Waals surface area contributed by atoms with Crippen LogP contribution in [0, 0.1) is 4.91 Å². The lowest BCUT2D eigenvalue weighted by Crippen LogP contribution is -2.23. The monoisotopic (exact) mass is 250 g/mol. The summed E-state index contributed by atoms with van der Waals surface area (Å²) in [5, 5.41) is 13.8. The van der Waals surface area contributed by atoms with Gasteiger partial charge in [0.2, 0.25) is 5.91 Å². The van der Waals surface area contributed by atoms with Crippen LogP contribution in [-0.2, 0) is 22.7 Å². The number of aliphatic carboxylic acids is 1. The fraction of sp³-hybridized carbons (Fsp3) is 0.333. The molecule has 0 unspecified atom stereocenters. The maximum Gasteiger partial charge on any atom is 0.303 e. The molecule has 0 bridgehead atoms. The van der Waals surface area contributed by atoms with E-state index in [1.54, 1.807) is 18.2 Å². The van der Waals surface area contributed by atoms with Gasteiger partial charge in [-0.25, -0.2) is 0 Å². The summed E-state index contributed by atoms with van der Waals surface area (Å²) in [4.78, 5) is 31.7. The second-order valence-electron chi connectivity index (χ2n) is 3.78. The van der Waals surface area contributed by atoms with Crippen molar-refractivity contribution in [1.29, 1.82) is 0 Å². The van der Waals surface area contributed by atoms with E-state index < -0.39 is 5.97 Å². The van der Waals surface area contributed by atoms with Crippen molar-refractivity contribution in [2.45, 2.75) is 25.9 Å². The zero-order valence-electron chi connectivity index (χ0n) is 9.76. The highest BCUT2D eigenvalue weighted by molar-refractivity contribution is 5.80. The summed E-state index contributed by atoms with van der Waals surface area (Å²) in [6, 6.07) is 7.14. The van der Waals surface area contributed by atoms with Crippen LogP contribution in [0.15, 0.2) is 29.4 Å². The number of carboxylic acid groups (broad SMARTS) is 1. The lowest BCUT2D eigenvalue weighted by atomic mass is 10.1. The third-order valence-corrected chi connectivity index (χ3v) is 2.29. The summed E-state index contributed by atoms with van der Waals surface area (Å²) in [6.45, 7) is 0.409. The molecule has 0 aliphatic rings. The van der Waals surface area contributed by atoms with Gasteiger partial charge in [-0.15, -0.1) is 0 Å². The molecule has 18 heavy (non-hydrogen) atoms. The minimum absolute atomic E-state index is 0.0368. The Hall–Kier alpha value is -2.24. The van der Waals surface area contributed by atoms with Gasteiger partial charge in [-0.3, -0.25) is 9.59 Å². The lowest BCUT2D eigenvalue weighted by Gasteiger charge is -2.05. The number of nitrogens with zero attached hydrogens (tertiary/aromatic N) is 1. The third-order valence-electron chi connectivity index (χ3n) is 2.29. The molecular weight excluding hydrogens is 236 g/mol. The third kappa shape index (κ3) is 5.20. The van der Waals surface area contributed by atoms with E-state index in [2.05, 4.69) is 10.5 Å². The number of carbonyl (C=O) groups is 2. The van der Waals surface area contributed by atoms with E-state index in [4.69, 9.17) is 5.11 Å². The second-order valence-corrected chi connectivity index (χ2v) is 3.78. The first kappa shape index (κ1) is 13.8. The minimum Gasteiger partial charge on any atom is -0.481 e. The van der Waals surface area contributed by atoms with Gasteiger partial charge in [-0.05, 0) is 11.1 Å². The predicted octanol–water partition coefficient (Wildman–Crippen LogP) is 1.43. The van der Waals surface area contributed by atoms with E-state index in [1.807, 2.05) is 6.07 Å². The highest BCUT2D eigenvalue weighted by Gasteiger charge is 2.05. The molecule has 0 atom stereocenters. The van der Waals surface area contributed by atoms with Crippen molar-refractivity contribution in [3.05, 3.63) is 40.3 Å². The normalized spacial score (nSPS) is 9.78. The Labute approximate surface area is 104 Å². The summed E-state index contributed by atoms with van der Waals surface area (Å²) in [5.74, 6) is -1.31. The molecule has 2 N–H and O–H groups in total. The number of hydrogen-bond acceptors (Lipinski definition) is 4. The number of nitroso groups, excluding NO2 is 1. The Morgan fingerprint density at radius 2 is 1.94 bits per heavy atom. The van der Waals surface area contributed by atoms with Crippen LogP contribution in [0.1, 0.15) is 24.0 Å². The van der Waals surface area contributed by atoms with Crippen LogP contribution in [-0.4, -0.2) is 17.0 Å². The fourth-order valence-corrected chi connectivity index (χ4v) is 1.42. The van der Waals surface area contributed by atoms with Gasteiger partial charge in [0, 0.05) is 13.0 Å². The molecule has 0 radical (unpaired) electrons. The fourth-order valence-electron chi connectivity index (χ4n) is 1.42. The lowest BCUT2D eigenvalue weighted by molar-refractivity contribution is -0.138. The van der Waals surface area contributed by atoms with Gasteiger partial charge in [-0.2, -0.15) is 4.91 Å². The van der Waals surface area contributed by atoms with Crippen LogP contribution in [0.3, 0.4) is 0 Å². The van der Waals surface area contributed by atoms with Gasteiger partial charge >= 0.3 is 5.97 Å². The molecule has 96 valence electrons. The number of carboxylic acids is 1. The first-order valence-corrected chi connectivity index (χ1v) is 5.47. The van der Waals surface area contributed by atoms with Gasteiger partial charge in [0.1, 0.15) is 6.54 Å². The van der Waals surface area contributed by atoms with Crippen molar-refractivity contribution >= 4 is 11.9 Å². The highest BCUT2D eigenvalue weighted by Crippen LogP contribution is 2.06. The molecule has 0 saturated carbocycles. The predicted molar refractivity (Wildman–Crippen MR) is 64.7 cm³/mol. The van der Waals surface area contributed by atoms with Crippen molar-refractivity contribution in [2.75, 3.05) is 0 Å². The van der Waals surface area contributed by atoms with E-state index in [0.717, 1.165) is 11.1 Å². The molecule has 1 rings (SSSR count). The zero-order valence-corrected chi connectivity index (χ0v) is 9.76. The molecule has 0 saturated heterocycles. The Balaban J connectivity index is 2.42. The number of rotatable bonds is 7. The van der Waals surface area contributed by atoms with Crippen LogP contribution in [0.25, 0.3) is 0 Å². The van der Waals surface area contributed by atoms with Crippen LogP contribution in [0.5, 0.6) is 0 Å². The first-order valence-electron chi connectivity index (χ1n) is 5.47. The van der Waals surface area contributed by atoms with Gasteiger partial charge in [0.25, 0.3) is 0 Å². The van der Waals surface area contributed by atoms with E-state index in [9.17, 15) is 14.5 Å². The van der Waals surface area contributed by atoms with E-state index in [-0.39, 0.29) is 25.3 Å². The highest BCUT2D eigenvalue weighted by atomic mass is 16.4. The van der Waals surface area contributed by atoms with E-state index in [0.29, 0.717) is 6.54 Å². The smallest absolute Gasteiger partial charge is 0.303 e. The molecular formula is C12H14N2O4. The largest absolute Gasteiger partial charge is 0.481 e. The quantitative estimate of drug-likeness (QED) is 0.715. The zero-order chi connectivity index (χ0) is 13.4. The van der Waals surface area contributed by atoms with Crippen molar-refractivity contribution < 1.29 is 14.7 Å². The molecule has 0 aromatic heterocycles. The van der Waals surface area contributed by atoms with Crippen LogP contribution in [0.4, 0.5) is 0 Å². The van der Waals surface area contributed by atoms with Crippen LogP contribution in [0.2, 0.25) is 0 Å². The van der Waals surface area contributed by atoms with E-state index in [1.165, 1.54) is 0 Å². The summed E-state index contributed by atoms with van der Waals surface area (Å²) in [5.41, 5.74) is 1.63. The number of amides is 1. The molecule has 1 aromatic rings. The molecule has 0 fully saturated rings. The molecule has 1 amide bonds. The number of nitrogens with one attached hydrogen (secondary N) is 1. The Bertz CT molecular complexity index is 445. The van der Waals surface area contributed by atoms with Crippen molar-refractivity contribution in [3.8, 4) is 0 Å². The second kappa shape index (κ2) is 7.16. The molecule has 0 heterocycles. The molecule has 6 heteroatoms. The van der Waals surface area contributed by atoms with Crippen molar-refractivity contribution in [1.82, 2.24) is 5.32 Å². The standard InChI is InChI=1S/C12H14N2O4/c15-11(4-5-12(16)17)13-7-9-2-1-3-10(6-9)8-14-18/h1-3,6H,4-5,7-8H2,(H,13,15)(H,16,17). The number of hydrogen-bond donors (Lipinski definition) is 2. The maximum absolute atomic E-state index is 11.3. The molecule has 0 spiro atoms. The summed E-state index contributed by atoms with van der Waals surface area (Å²) >= 11 is 0. The SMILES string of the molecule is O=NCc1cccc(CNC(=O)CCC(=O)O)c1. The molecule has 0 aliphatic heterocycles. The first-order chi connectivity index (χ1) is 8.61. The number of benzene rings is 1. The summed E-state index contributed by atoms with van der Waals surface area (Å²) in [6.07, 6.45) is -0.216. The van der Waals surface area contributed by atoms with Crippen molar-refractivity contribution in [2.24, 2.45) is 5.18 Å². The van der Waals surface area contributed by atoms with Crippen LogP contribution >= 0.6 is 0 Å². The van der Waals surface area contributed by atoms with Crippen molar-refractivity contribution in [3.63, 3.8) is 0 Å². The van der Waals surface area contributed by atoms with Gasteiger partial charge in [0.15, 0.2) is 0 Å². The summed E-state index contributed by atoms with van der Waals surface area (Å²) < 4.78 is 0. The Kier molecular flexibility index (Phi) is 5.50. The van der Waals surface area contributed by atoms with E-state index >= 15 is 0 Å². The maximum atomic E-state index is 11.3. The molecule has 0 aliphatic carbocycles. The average molecular weight is 250 g/mol. The van der Waals surface area contributed by atoms with Gasteiger partial charge in [-0.1, -0.05) is 29.4 Å². The average Bonchev–Trinajstić information content (AvgIpc) is 2.35. The van der Waals surface area contributed by atoms with Gasteiger partial charge in [0.05, 0.1) is 6.42 Å². The minimum atomic E-state index is -0.996. The summed E-state index contributed by atoms with van der Waals surface area (Å²) in [7, 11) is 0. The number of carbonyl (C=O) groups excluding carboxylic acids is 1. The van der Waals surface area contributed by atoms with Crippen LogP contribution < -0.4 is 5.32 Å². The molecule has 1 aromatic carbocycles. The Morgan fingerprint density at radius 3 is 2.61 bits per heavy atom. The topological polar surface area (TPSA) is 95.8 Å².